The van der Waals surface area contributed by atoms with Crippen molar-refractivity contribution in [1.82, 2.24) is 9.21 Å². The summed E-state index contributed by atoms with van der Waals surface area (Å²) in [5.41, 5.74) is 0. The summed E-state index contributed by atoms with van der Waals surface area (Å²) < 4.78 is 25.4. The van der Waals surface area contributed by atoms with Gasteiger partial charge in [0, 0.05) is 13.1 Å². The summed E-state index contributed by atoms with van der Waals surface area (Å²) in [7, 11) is 0.958. The molecule has 0 spiro atoms. The molecule has 4 nitrogen and oxygen atoms in total. The molecule has 0 unspecified atom stereocenters. The van der Waals surface area contributed by atoms with Gasteiger partial charge in [-0.05, 0) is 45.3 Å². The fraction of sp³-hybridized carbons (Fsp3) is 0.900. The van der Waals surface area contributed by atoms with E-state index in [1.807, 2.05) is 19.0 Å². The number of hydrogen-bond donors (Lipinski definition) is 0. The molecule has 1 aliphatic heterocycles. The van der Waals surface area contributed by atoms with E-state index in [4.69, 9.17) is 0 Å². The molecule has 2 fully saturated rings. The Hall–Kier alpha value is -0.130. The molecular formula is C10H19N2O2S. The van der Waals surface area contributed by atoms with E-state index in [0.29, 0.717) is 17.6 Å². The van der Waals surface area contributed by atoms with Crippen molar-refractivity contribution in [1.29, 1.82) is 0 Å². The van der Waals surface area contributed by atoms with Gasteiger partial charge >= 0.3 is 0 Å². The van der Waals surface area contributed by atoms with E-state index in [9.17, 15) is 8.42 Å². The van der Waals surface area contributed by atoms with Gasteiger partial charge in [0.15, 0.2) is 0 Å². The van der Waals surface area contributed by atoms with Crippen LogP contribution in [-0.4, -0.2) is 57.1 Å². The SMILES string of the molecule is CN(C)CCCS(=O)(=O)N1C[C@H]2[CH][C@H]2C1. The molecule has 0 N–H and O–H groups in total. The van der Waals surface area contributed by atoms with Crippen LogP contribution in [0.4, 0.5) is 0 Å². The minimum atomic E-state index is -2.97. The van der Waals surface area contributed by atoms with Gasteiger partial charge in [-0.1, -0.05) is 0 Å². The van der Waals surface area contributed by atoms with Crippen molar-refractivity contribution in [3.63, 3.8) is 0 Å². The molecule has 87 valence electrons. The molecule has 0 bridgehead atoms. The highest BCUT2D eigenvalue weighted by Crippen LogP contribution is 2.44. The quantitative estimate of drug-likeness (QED) is 0.670. The van der Waals surface area contributed by atoms with Gasteiger partial charge in [-0.25, -0.2) is 12.7 Å². The van der Waals surface area contributed by atoms with Crippen LogP contribution < -0.4 is 0 Å². The smallest absolute Gasteiger partial charge is 0.214 e. The van der Waals surface area contributed by atoms with E-state index in [2.05, 4.69) is 6.42 Å². The Balaban J connectivity index is 1.79. The zero-order valence-electron chi connectivity index (χ0n) is 9.39. The van der Waals surface area contributed by atoms with E-state index in [0.717, 1.165) is 26.1 Å². The third kappa shape index (κ3) is 2.71. The average Bonchev–Trinajstić information content (AvgIpc) is 2.72. The molecule has 1 aliphatic carbocycles. The maximum Gasteiger partial charge on any atom is 0.214 e. The lowest BCUT2D eigenvalue weighted by Gasteiger charge is -2.18. The molecule has 0 amide bonds. The van der Waals surface area contributed by atoms with Crippen molar-refractivity contribution in [2.24, 2.45) is 11.8 Å². The number of nitrogens with zero attached hydrogens (tertiary/aromatic N) is 2. The Morgan fingerprint density at radius 3 is 2.47 bits per heavy atom. The van der Waals surface area contributed by atoms with Crippen LogP contribution in [0.15, 0.2) is 0 Å². The van der Waals surface area contributed by atoms with Crippen molar-refractivity contribution in [3.8, 4) is 0 Å². The molecule has 1 saturated carbocycles. The molecule has 2 aliphatic rings. The summed E-state index contributed by atoms with van der Waals surface area (Å²) in [6.45, 7) is 2.30. The summed E-state index contributed by atoms with van der Waals surface area (Å²) in [6, 6.07) is 0. The highest BCUT2D eigenvalue weighted by molar-refractivity contribution is 7.89. The van der Waals surface area contributed by atoms with Crippen molar-refractivity contribution in [2.45, 2.75) is 6.42 Å². The van der Waals surface area contributed by atoms with E-state index >= 15 is 0 Å². The van der Waals surface area contributed by atoms with E-state index in [1.54, 1.807) is 4.31 Å². The van der Waals surface area contributed by atoms with Crippen LogP contribution in [0.1, 0.15) is 6.42 Å². The van der Waals surface area contributed by atoms with Crippen LogP contribution in [-0.2, 0) is 10.0 Å². The monoisotopic (exact) mass is 231 g/mol. The molecule has 1 heterocycles. The van der Waals surface area contributed by atoms with Crippen LogP contribution in [0.2, 0.25) is 0 Å². The van der Waals surface area contributed by atoms with Gasteiger partial charge in [0.25, 0.3) is 0 Å². The predicted octanol–water partition coefficient (Wildman–Crippen LogP) is 0.0338. The Labute approximate surface area is 92.3 Å². The summed E-state index contributed by atoms with van der Waals surface area (Å²) in [5.74, 6) is 1.42. The second kappa shape index (κ2) is 4.03. The standard InChI is InChI=1S/C10H19N2O2S/c1-11(2)4-3-5-15(13,14)12-7-9-6-10(9)8-12/h6,9-10H,3-5,7-8H2,1-2H3/t9-,10+. The lowest BCUT2D eigenvalue weighted by atomic mass is 10.4. The van der Waals surface area contributed by atoms with Crippen molar-refractivity contribution >= 4 is 10.0 Å². The van der Waals surface area contributed by atoms with Gasteiger partial charge in [0.1, 0.15) is 0 Å². The first-order valence-corrected chi connectivity index (χ1v) is 7.07. The maximum atomic E-state index is 11.9. The van der Waals surface area contributed by atoms with Gasteiger partial charge in [-0.3, -0.25) is 0 Å². The highest BCUT2D eigenvalue weighted by atomic mass is 32.2. The van der Waals surface area contributed by atoms with E-state index in [1.165, 1.54) is 0 Å². The maximum absolute atomic E-state index is 11.9. The second-order valence-corrected chi connectivity index (χ2v) is 6.90. The Bertz CT molecular complexity index is 316. The third-order valence-corrected chi connectivity index (χ3v) is 5.02. The molecule has 15 heavy (non-hydrogen) atoms. The molecule has 0 aromatic rings. The van der Waals surface area contributed by atoms with E-state index in [-0.39, 0.29) is 0 Å². The van der Waals surface area contributed by atoms with Gasteiger partial charge < -0.3 is 4.90 Å². The first-order valence-electron chi connectivity index (χ1n) is 5.46. The summed E-state index contributed by atoms with van der Waals surface area (Å²) in [4.78, 5) is 2.02. The molecule has 2 rings (SSSR count). The van der Waals surface area contributed by atoms with Crippen LogP contribution in [0.3, 0.4) is 0 Å². The normalized spacial score (nSPS) is 30.9. The number of sulfonamides is 1. The summed E-state index contributed by atoms with van der Waals surface area (Å²) >= 11 is 0. The van der Waals surface area contributed by atoms with Crippen molar-refractivity contribution in [2.75, 3.05) is 39.5 Å². The minimum Gasteiger partial charge on any atom is -0.309 e. The largest absolute Gasteiger partial charge is 0.309 e. The fourth-order valence-electron chi connectivity index (χ4n) is 2.11. The molecule has 2 atom stereocenters. The van der Waals surface area contributed by atoms with Gasteiger partial charge in [0.05, 0.1) is 5.75 Å². The topological polar surface area (TPSA) is 40.6 Å². The average molecular weight is 231 g/mol. The highest BCUT2D eigenvalue weighted by Gasteiger charge is 2.48. The zero-order valence-corrected chi connectivity index (χ0v) is 10.2. The minimum absolute atomic E-state index is 0.296. The van der Waals surface area contributed by atoms with E-state index < -0.39 is 10.0 Å². The molecule has 0 aromatic heterocycles. The molecule has 1 radical (unpaired) electrons. The van der Waals surface area contributed by atoms with Crippen LogP contribution >= 0.6 is 0 Å². The first kappa shape index (κ1) is 11.4. The van der Waals surface area contributed by atoms with Crippen molar-refractivity contribution in [3.05, 3.63) is 6.42 Å². The summed E-state index contributed by atoms with van der Waals surface area (Å²) in [6.07, 6.45) is 2.97. The lowest BCUT2D eigenvalue weighted by Crippen LogP contribution is -2.33. The van der Waals surface area contributed by atoms with Crippen LogP contribution in [0, 0.1) is 18.3 Å². The van der Waals surface area contributed by atoms with Crippen LogP contribution in [0.25, 0.3) is 0 Å². The number of fused-ring (bicyclic) bond motifs is 1. The molecule has 1 saturated heterocycles. The zero-order chi connectivity index (χ0) is 11.1. The van der Waals surface area contributed by atoms with Gasteiger partial charge in [0.2, 0.25) is 10.0 Å². The summed E-state index contributed by atoms with van der Waals surface area (Å²) in [5, 5.41) is 0. The number of rotatable bonds is 5. The fourth-order valence-corrected chi connectivity index (χ4v) is 3.66. The number of hydrogen-bond acceptors (Lipinski definition) is 3. The van der Waals surface area contributed by atoms with Crippen molar-refractivity contribution < 1.29 is 8.42 Å². The first-order chi connectivity index (χ1) is 6.99. The third-order valence-electron chi connectivity index (χ3n) is 3.13. The second-order valence-electron chi connectivity index (χ2n) is 4.81. The molecular weight excluding hydrogens is 212 g/mol. The number of piperidine rings is 1. The van der Waals surface area contributed by atoms with Gasteiger partial charge in [-0.2, -0.15) is 0 Å². The predicted molar refractivity (Wildman–Crippen MR) is 59.8 cm³/mol. The van der Waals surface area contributed by atoms with Crippen LogP contribution in [0.5, 0.6) is 0 Å². The molecule has 5 heteroatoms. The lowest BCUT2D eigenvalue weighted by molar-refractivity contribution is 0.403. The Morgan fingerprint density at radius 2 is 1.93 bits per heavy atom. The molecule has 0 aromatic carbocycles. The Morgan fingerprint density at radius 1 is 1.33 bits per heavy atom. The Kier molecular flexibility index (Phi) is 3.05. The van der Waals surface area contributed by atoms with Gasteiger partial charge in [-0.15, -0.1) is 0 Å².